The molecule has 208 valence electrons. The predicted octanol–water partition coefficient (Wildman–Crippen LogP) is 3.39. The largest absolute Gasteiger partial charge is 0.491 e. The quantitative estimate of drug-likeness (QED) is 0.248. The van der Waals surface area contributed by atoms with Gasteiger partial charge in [0.1, 0.15) is 30.6 Å². The maximum absolute atomic E-state index is 12.2. The van der Waals surface area contributed by atoms with Crippen molar-refractivity contribution >= 4 is 28.1 Å². The van der Waals surface area contributed by atoms with E-state index in [0.29, 0.717) is 11.3 Å². The van der Waals surface area contributed by atoms with Crippen molar-refractivity contribution in [2.75, 3.05) is 13.2 Å². The van der Waals surface area contributed by atoms with Gasteiger partial charge in [-0.05, 0) is 70.4 Å². The lowest BCUT2D eigenvalue weighted by molar-refractivity contribution is -0.144. The summed E-state index contributed by atoms with van der Waals surface area (Å²) < 4.78 is 40.0. The van der Waals surface area contributed by atoms with Crippen LogP contribution in [-0.4, -0.2) is 61.5 Å². The van der Waals surface area contributed by atoms with Crippen LogP contribution in [0.4, 0.5) is 4.79 Å². The van der Waals surface area contributed by atoms with Gasteiger partial charge in [-0.1, -0.05) is 29.8 Å². The molecule has 12 heteroatoms. The Kier molecular flexibility index (Phi) is 10.7. The van der Waals surface area contributed by atoms with Crippen molar-refractivity contribution in [3.05, 3.63) is 59.7 Å². The summed E-state index contributed by atoms with van der Waals surface area (Å²) in [7, 11) is -3.90. The first-order chi connectivity index (χ1) is 17.7. The minimum atomic E-state index is -3.90. The van der Waals surface area contributed by atoms with E-state index < -0.39 is 45.7 Å². The Hall–Kier alpha value is -3.64. The van der Waals surface area contributed by atoms with Gasteiger partial charge in [0.05, 0.1) is 10.8 Å². The van der Waals surface area contributed by atoms with Crippen LogP contribution >= 0.6 is 0 Å². The molecule has 0 aromatic heterocycles. The smallest absolute Gasteiger partial charge is 0.408 e. The van der Waals surface area contributed by atoms with Gasteiger partial charge in [0.2, 0.25) is 0 Å². The van der Waals surface area contributed by atoms with Gasteiger partial charge in [-0.15, -0.1) is 0 Å². The van der Waals surface area contributed by atoms with Crippen molar-refractivity contribution < 1.29 is 46.7 Å². The van der Waals surface area contributed by atoms with Crippen LogP contribution in [0.15, 0.2) is 53.4 Å². The zero-order chi connectivity index (χ0) is 28.5. The summed E-state index contributed by atoms with van der Waals surface area (Å²) in [6.45, 7) is 6.45. The molecule has 2 rings (SSSR count). The van der Waals surface area contributed by atoms with Crippen LogP contribution in [0.5, 0.6) is 5.75 Å². The summed E-state index contributed by atoms with van der Waals surface area (Å²) in [5.41, 5.74) is 0.680. The average Bonchev–Trinajstić information content (AvgIpc) is 2.80. The number of carboxylic acid groups (broad SMARTS) is 2. The third-order valence-corrected chi connectivity index (χ3v) is 6.49. The maximum Gasteiger partial charge on any atom is 0.408 e. The van der Waals surface area contributed by atoms with Gasteiger partial charge in [0, 0.05) is 0 Å². The van der Waals surface area contributed by atoms with Gasteiger partial charge < -0.3 is 25.0 Å². The molecular formula is C26H33NO10S. The lowest BCUT2D eigenvalue weighted by atomic mass is 9.92. The van der Waals surface area contributed by atoms with E-state index >= 15 is 0 Å². The molecule has 2 atom stereocenters. The van der Waals surface area contributed by atoms with Crippen LogP contribution in [0, 0.1) is 12.8 Å². The molecule has 0 aliphatic heterocycles. The molecule has 1 amide bonds. The lowest BCUT2D eigenvalue weighted by Crippen LogP contribution is -2.45. The molecule has 0 fully saturated rings. The van der Waals surface area contributed by atoms with E-state index in [0.717, 1.165) is 5.56 Å². The number of nitrogens with one attached hydrogen (secondary N) is 1. The van der Waals surface area contributed by atoms with Crippen LogP contribution in [0.25, 0.3) is 0 Å². The van der Waals surface area contributed by atoms with E-state index in [1.807, 2.05) is 6.92 Å². The molecule has 0 spiro atoms. The number of benzene rings is 2. The topological polar surface area (TPSA) is 166 Å². The highest BCUT2D eigenvalue weighted by molar-refractivity contribution is 7.86. The van der Waals surface area contributed by atoms with Crippen molar-refractivity contribution in [1.29, 1.82) is 0 Å². The van der Waals surface area contributed by atoms with Crippen molar-refractivity contribution in [2.45, 2.75) is 57.1 Å². The fourth-order valence-electron chi connectivity index (χ4n) is 3.31. The molecule has 0 heterocycles. The Morgan fingerprint density at radius 3 is 2.05 bits per heavy atom. The Morgan fingerprint density at radius 1 is 0.921 bits per heavy atom. The zero-order valence-electron chi connectivity index (χ0n) is 21.7. The number of alkyl carbamates (subject to hydrolysis) is 1. The molecule has 38 heavy (non-hydrogen) atoms. The second-order valence-corrected chi connectivity index (χ2v) is 11.2. The summed E-state index contributed by atoms with van der Waals surface area (Å²) in [6, 6.07) is 11.2. The SMILES string of the molecule is Cc1ccc(S(=O)(=O)OCCOc2ccc(C[C@@H](C[C@@H](NC(=O)OC(C)(C)C)C(=O)O)C(=O)O)cc2)cc1. The molecule has 0 aliphatic carbocycles. The van der Waals surface area contributed by atoms with Crippen molar-refractivity contribution in [3.63, 3.8) is 0 Å². The number of hydrogen-bond donors (Lipinski definition) is 3. The molecule has 0 radical (unpaired) electrons. The Bertz CT molecular complexity index is 1200. The van der Waals surface area contributed by atoms with Crippen molar-refractivity contribution in [1.82, 2.24) is 5.32 Å². The van der Waals surface area contributed by atoms with Gasteiger partial charge in [0.25, 0.3) is 10.1 Å². The summed E-state index contributed by atoms with van der Waals surface area (Å²) in [5, 5.41) is 21.3. The number of carbonyl (C=O) groups excluding carboxylic acids is 1. The normalized spacial score (nSPS) is 13.3. The Morgan fingerprint density at radius 2 is 1.53 bits per heavy atom. The highest BCUT2D eigenvalue weighted by Gasteiger charge is 2.30. The molecule has 0 saturated carbocycles. The molecule has 0 aliphatic rings. The number of ether oxygens (including phenoxy) is 2. The van der Waals surface area contributed by atoms with Gasteiger partial charge >= 0.3 is 18.0 Å². The van der Waals surface area contributed by atoms with Crippen LogP contribution in [0.1, 0.15) is 38.3 Å². The van der Waals surface area contributed by atoms with Crippen molar-refractivity contribution in [3.8, 4) is 5.75 Å². The number of aliphatic carboxylic acids is 2. The maximum atomic E-state index is 12.2. The number of amides is 1. The Labute approximate surface area is 221 Å². The first kappa shape index (κ1) is 30.6. The van der Waals surface area contributed by atoms with E-state index in [9.17, 15) is 33.0 Å². The molecular weight excluding hydrogens is 518 g/mol. The summed E-state index contributed by atoms with van der Waals surface area (Å²) >= 11 is 0. The van der Waals surface area contributed by atoms with Crippen LogP contribution < -0.4 is 10.1 Å². The molecule has 2 aromatic rings. The second kappa shape index (κ2) is 13.2. The zero-order valence-corrected chi connectivity index (χ0v) is 22.5. The summed E-state index contributed by atoms with van der Waals surface area (Å²) in [5.74, 6) is -3.28. The molecule has 3 N–H and O–H groups in total. The Balaban J connectivity index is 1.90. The van der Waals surface area contributed by atoms with E-state index in [1.54, 1.807) is 57.2 Å². The third-order valence-electron chi connectivity index (χ3n) is 5.16. The summed E-state index contributed by atoms with van der Waals surface area (Å²) in [4.78, 5) is 35.4. The number of hydrogen-bond acceptors (Lipinski definition) is 8. The lowest BCUT2D eigenvalue weighted by Gasteiger charge is -2.23. The van der Waals surface area contributed by atoms with E-state index in [-0.39, 0.29) is 31.0 Å². The molecule has 0 bridgehead atoms. The first-order valence-electron chi connectivity index (χ1n) is 11.8. The first-order valence-corrected chi connectivity index (χ1v) is 13.2. The van der Waals surface area contributed by atoms with Gasteiger partial charge in [0.15, 0.2) is 0 Å². The number of aryl methyl sites for hydroxylation is 1. The van der Waals surface area contributed by atoms with E-state index in [4.69, 9.17) is 13.7 Å². The highest BCUT2D eigenvalue weighted by atomic mass is 32.2. The van der Waals surface area contributed by atoms with E-state index in [1.165, 1.54) is 12.1 Å². The number of carbonyl (C=O) groups is 3. The molecule has 0 saturated heterocycles. The van der Waals surface area contributed by atoms with Crippen LogP contribution in [0.3, 0.4) is 0 Å². The fraction of sp³-hybridized carbons (Fsp3) is 0.423. The highest BCUT2D eigenvalue weighted by Crippen LogP contribution is 2.20. The van der Waals surface area contributed by atoms with Gasteiger partial charge in [-0.25, -0.2) is 9.59 Å². The predicted molar refractivity (Wildman–Crippen MR) is 136 cm³/mol. The second-order valence-electron chi connectivity index (χ2n) is 9.59. The minimum absolute atomic E-state index is 0.00724. The average molecular weight is 552 g/mol. The van der Waals surface area contributed by atoms with E-state index in [2.05, 4.69) is 5.32 Å². The van der Waals surface area contributed by atoms with Gasteiger partial charge in [-0.2, -0.15) is 8.42 Å². The third kappa shape index (κ3) is 10.4. The minimum Gasteiger partial charge on any atom is -0.491 e. The van der Waals surface area contributed by atoms with Crippen molar-refractivity contribution in [2.24, 2.45) is 5.92 Å². The van der Waals surface area contributed by atoms with Crippen LogP contribution in [0.2, 0.25) is 0 Å². The summed E-state index contributed by atoms with van der Waals surface area (Å²) in [6.07, 6.45) is -1.30. The van der Waals surface area contributed by atoms with Gasteiger partial charge in [-0.3, -0.25) is 8.98 Å². The molecule has 11 nitrogen and oxygen atoms in total. The number of rotatable bonds is 13. The fourth-order valence-corrected chi connectivity index (χ4v) is 4.20. The number of carboxylic acids is 2. The molecule has 0 unspecified atom stereocenters. The standard InChI is InChI=1S/C26H33NO10S/c1-17-5-11-21(12-6-17)38(33,34)36-14-13-35-20-9-7-18(8-10-20)15-19(23(28)29)16-22(24(30)31)27-25(32)37-26(2,3)4/h5-12,19,22H,13-16H2,1-4H3,(H,27,32)(H,28,29)(H,30,31)/t19-,22+/m0/s1. The van der Waals surface area contributed by atoms with Crippen LogP contribution in [-0.2, 0) is 35.0 Å². The molecule has 2 aromatic carbocycles. The monoisotopic (exact) mass is 551 g/mol.